The Morgan fingerprint density at radius 2 is 1.93 bits per heavy atom. The molecule has 0 saturated carbocycles. The van der Waals surface area contributed by atoms with Gasteiger partial charge in [-0.05, 0) is 30.3 Å². The highest BCUT2D eigenvalue weighted by atomic mass is 32.2. The normalized spacial score (nSPS) is 16.3. The summed E-state index contributed by atoms with van der Waals surface area (Å²) in [5.74, 6) is 0.778. The van der Waals surface area contributed by atoms with Crippen LogP contribution in [0.3, 0.4) is 0 Å². The van der Waals surface area contributed by atoms with Crippen molar-refractivity contribution in [1.29, 1.82) is 0 Å². The lowest BCUT2D eigenvalue weighted by Gasteiger charge is -2.32. The zero-order valence-corrected chi connectivity index (χ0v) is 17.7. The van der Waals surface area contributed by atoms with Crippen molar-refractivity contribution in [2.24, 2.45) is 0 Å². The highest BCUT2D eigenvalue weighted by Crippen LogP contribution is 2.40. The Hall–Kier alpha value is -2.39. The molecule has 28 heavy (non-hydrogen) atoms. The number of ether oxygens (including phenoxy) is 2. The van der Waals surface area contributed by atoms with Gasteiger partial charge in [0.05, 0.1) is 30.5 Å². The zero-order valence-electron chi connectivity index (χ0n) is 16.1. The second-order valence-corrected chi connectivity index (χ2v) is 9.52. The summed E-state index contributed by atoms with van der Waals surface area (Å²) in [5.41, 5.74) is 0.910. The van der Waals surface area contributed by atoms with Gasteiger partial charge in [-0.2, -0.15) is 0 Å². The maximum absolute atomic E-state index is 12.9. The number of hydrogen-bond donors (Lipinski definition) is 1. The first-order chi connectivity index (χ1) is 13.2. The van der Waals surface area contributed by atoms with Crippen LogP contribution in [0.25, 0.3) is 0 Å². The lowest BCUT2D eigenvalue weighted by atomic mass is 10.2. The van der Waals surface area contributed by atoms with E-state index in [1.807, 2.05) is 6.92 Å². The summed E-state index contributed by atoms with van der Waals surface area (Å²) >= 11 is 1.62. The zero-order chi connectivity index (χ0) is 20.5. The molecule has 0 fully saturated rings. The fourth-order valence-electron chi connectivity index (χ4n) is 2.97. The Labute approximate surface area is 169 Å². The molecular weight excluding hydrogens is 400 g/mol. The van der Waals surface area contributed by atoms with Crippen LogP contribution in [0, 0.1) is 0 Å². The summed E-state index contributed by atoms with van der Waals surface area (Å²) in [7, 11) is -0.907. The number of nitrogens with one attached hydrogen (secondary N) is 1. The van der Waals surface area contributed by atoms with Crippen molar-refractivity contribution in [3.8, 4) is 11.5 Å². The van der Waals surface area contributed by atoms with E-state index in [2.05, 4.69) is 4.72 Å². The molecule has 150 valence electrons. The van der Waals surface area contributed by atoms with Gasteiger partial charge < -0.3 is 14.4 Å². The molecule has 0 unspecified atom stereocenters. The number of benzene rings is 2. The van der Waals surface area contributed by atoms with Gasteiger partial charge in [0, 0.05) is 29.7 Å². The van der Waals surface area contributed by atoms with Crippen molar-refractivity contribution >= 4 is 39.1 Å². The molecule has 1 atom stereocenters. The second-order valence-electron chi connectivity index (χ2n) is 6.36. The summed E-state index contributed by atoms with van der Waals surface area (Å²) in [6.45, 7) is 4.05. The van der Waals surface area contributed by atoms with Crippen LogP contribution >= 0.6 is 11.8 Å². The molecule has 9 heteroatoms. The van der Waals surface area contributed by atoms with Gasteiger partial charge in [-0.15, -0.1) is 11.8 Å². The van der Waals surface area contributed by atoms with E-state index in [1.165, 1.54) is 27.2 Å². The predicted octanol–water partition coefficient (Wildman–Crippen LogP) is 3.35. The van der Waals surface area contributed by atoms with Gasteiger partial charge in [0.2, 0.25) is 5.91 Å². The Bertz CT molecular complexity index is 1010. The van der Waals surface area contributed by atoms with E-state index in [1.54, 1.807) is 47.0 Å². The summed E-state index contributed by atoms with van der Waals surface area (Å²) in [5, 5.41) is 0.237. The van der Waals surface area contributed by atoms with Gasteiger partial charge in [-0.25, -0.2) is 8.42 Å². The number of amides is 1. The average molecular weight is 423 g/mol. The molecular formula is C19H22N2O5S2. The topological polar surface area (TPSA) is 84.9 Å². The lowest BCUT2D eigenvalue weighted by Crippen LogP contribution is -2.37. The van der Waals surface area contributed by atoms with Crippen LogP contribution in [0.15, 0.2) is 46.2 Å². The first-order valence-corrected chi connectivity index (χ1v) is 10.9. The fraction of sp³-hybridized carbons (Fsp3) is 0.316. The summed E-state index contributed by atoms with van der Waals surface area (Å²) in [6.07, 6.45) is 0. The molecule has 0 aliphatic carbocycles. The van der Waals surface area contributed by atoms with Crippen LogP contribution in [-0.4, -0.2) is 40.3 Å². The van der Waals surface area contributed by atoms with Crippen LogP contribution < -0.4 is 19.1 Å². The minimum Gasteiger partial charge on any atom is -0.497 e. The van der Waals surface area contributed by atoms with E-state index in [9.17, 15) is 13.2 Å². The number of nitrogens with zero attached hydrogens (tertiary/aromatic N) is 1. The number of thioether (sulfide) groups is 1. The molecule has 0 bridgehead atoms. The van der Waals surface area contributed by atoms with Crippen LogP contribution in [-0.2, 0) is 14.8 Å². The van der Waals surface area contributed by atoms with E-state index >= 15 is 0 Å². The molecule has 0 spiro atoms. The van der Waals surface area contributed by atoms with E-state index in [4.69, 9.17) is 9.47 Å². The molecule has 1 aliphatic heterocycles. The predicted molar refractivity (Wildman–Crippen MR) is 110 cm³/mol. The monoisotopic (exact) mass is 422 g/mol. The molecule has 7 nitrogen and oxygen atoms in total. The van der Waals surface area contributed by atoms with E-state index < -0.39 is 10.0 Å². The number of carbonyl (C=O) groups is 1. The quantitative estimate of drug-likeness (QED) is 0.795. The third-order valence-electron chi connectivity index (χ3n) is 4.33. The molecule has 2 aromatic carbocycles. The van der Waals surface area contributed by atoms with Gasteiger partial charge in [0.1, 0.15) is 11.5 Å². The number of fused-ring (bicyclic) bond motifs is 1. The Morgan fingerprint density at radius 3 is 2.57 bits per heavy atom. The van der Waals surface area contributed by atoms with Crippen LogP contribution in [0.5, 0.6) is 11.5 Å². The number of anilines is 2. The van der Waals surface area contributed by atoms with Crippen molar-refractivity contribution < 1.29 is 22.7 Å². The smallest absolute Gasteiger partial charge is 0.262 e. The standard InChI is InChI=1S/C19H22N2O5S2/c1-12-11-21(13(2)22)17-10-15(6-8-19(17)27-12)28(23,24)20-16-7-5-14(25-3)9-18(16)26-4/h5-10,12,20H,11H2,1-4H3/t12-/m0/s1. The van der Waals surface area contributed by atoms with Crippen LogP contribution in [0.4, 0.5) is 11.4 Å². The SMILES string of the molecule is COc1ccc(NS(=O)(=O)c2ccc3c(c2)N(C(C)=O)C[C@H](C)S3)c(OC)c1. The molecule has 0 radical (unpaired) electrons. The maximum Gasteiger partial charge on any atom is 0.262 e. The number of rotatable bonds is 5. The largest absolute Gasteiger partial charge is 0.497 e. The first-order valence-electron chi connectivity index (χ1n) is 8.59. The van der Waals surface area contributed by atoms with Crippen molar-refractivity contribution in [1.82, 2.24) is 0 Å². The van der Waals surface area contributed by atoms with Crippen molar-refractivity contribution in [2.45, 2.75) is 28.9 Å². The third-order valence-corrected chi connectivity index (χ3v) is 6.85. The fourth-order valence-corrected chi connectivity index (χ4v) is 5.15. The molecule has 0 saturated heterocycles. The van der Waals surface area contributed by atoms with Gasteiger partial charge in [0.25, 0.3) is 10.0 Å². The van der Waals surface area contributed by atoms with Gasteiger partial charge in [-0.3, -0.25) is 9.52 Å². The Balaban J connectivity index is 1.97. The van der Waals surface area contributed by atoms with Crippen LogP contribution in [0.1, 0.15) is 13.8 Å². The molecule has 1 aliphatic rings. The van der Waals surface area contributed by atoms with E-state index in [0.717, 1.165) is 4.90 Å². The number of methoxy groups -OCH3 is 2. The Morgan fingerprint density at radius 1 is 1.18 bits per heavy atom. The molecule has 1 heterocycles. The third kappa shape index (κ3) is 4.05. The van der Waals surface area contributed by atoms with Crippen molar-refractivity contribution in [3.63, 3.8) is 0 Å². The summed E-state index contributed by atoms with van der Waals surface area (Å²) in [6, 6.07) is 9.63. The minimum atomic E-state index is -3.88. The molecule has 1 amide bonds. The van der Waals surface area contributed by atoms with E-state index in [0.29, 0.717) is 29.4 Å². The van der Waals surface area contributed by atoms with Gasteiger partial charge in [0.15, 0.2) is 0 Å². The van der Waals surface area contributed by atoms with Crippen molar-refractivity contribution in [3.05, 3.63) is 36.4 Å². The maximum atomic E-state index is 12.9. The second kappa shape index (κ2) is 7.92. The summed E-state index contributed by atoms with van der Waals surface area (Å²) < 4.78 is 38.8. The molecule has 1 N–H and O–H groups in total. The number of carbonyl (C=O) groups excluding carboxylic acids is 1. The number of sulfonamides is 1. The van der Waals surface area contributed by atoms with Gasteiger partial charge in [-0.1, -0.05) is 6.92 Å². The molecule has 0 aromatic heterocycles. The van der Waals surface area contributed by atoms with Gasteiger partial charge >= 0.3 is 0 Å². The highest BCUT2D eigenvalue weighted by Gasteiger charge is 2.27. The van der Waals surface area contributed by atoms with E-state index in [-0.39, 0.29) is 16.1 Å². The van der Waals surface area contributed by atoms with Crippen molar-refractivity contribution in [2.75, 3.05) is 30.4 Å². The minimum absolute atomic E-state index is 0.0746. The molecule has 3 rings (SSSR count). The highest BCUT2D eigenvalue weighted by molar-refractivity contribution is 8.00. The van der Waals surface area contributed by atoms with Crippen LogP contribution in [0.2, 0.25) is 0 Å². The number of hydrogen-bond acceptors (Lipinski definition) is 6. The summed E-state index contributed by atoms with van der Waals surface area (Å²) in [4.78, 5) is 14.6. The average Bonchev–Trinajstić information content (AvgIpc) is 2.66. The Kier molecular flexibility index (Phi) is 5.76. The molecule has 2 aromatic rings. The first kappa shape index (κ1) is 20.3. The lowest BCUT2D eigenvalue weighted by molar-refractivity contribution is -0.116.